The number of nitrogens with one attached hydrogen (secondary N) is 1. The van der Waals surface area contributed by atoms with Crippen LogP contribution in [0.5, 0.6) is 0 Å². The summed E-state index contributed by atoms with van der Waals surface area (Å²) < 4.78 is 15.6. The Morgan fingerprint density at radius 2 is 1.62 bits per heavy atom. The fraction of sp³-hybridized carbons (Fsp3) is 0.933. The number of amides is 1. The summed E-state index contributed by atoms with van der Waals surface area (Å²) in [6.45, 7) is 7.69. The highest BCUT2D eigenvalue weighted by atomic mass is 16.5. The van der Waals surface area contributed by atoms with Crippen molar-refractivity contribution in [3.05, 3.63) is 0 Å². The molecule has 0 saturated carbocycles. The van der Waals surface area contributed by atoms with Crippen molar-refractivity contribution in [2.45, 2.75) is 33.1 Å². The Hall–Kier alpha value is -0.690. The molecule has 0 aromatic rings. The topological polar surface area (TPSA) is 77.0 Å². The van der Waals surface area contributed by atoms with E-state index in [0.29, 0.717) is 58.5 Å². The zero-order chi connectivity index (χ0) is 15.8. The van der Waals surface area contributed by atoms with Crippen molar-refractivity contribution in [2.24, 2.45) is 5.92 Å². The van der Waals surface area contributed by atoms with Gasteiger partial charge in [0.2, 0.25) is 5.91 Å². The van der Waals surface area contributed by atoms with Gasteiger partial charge in [-0.1, -0.05) is 20.3 Å². The smallest absolute Gasteiger partial charge is 0.220 e. The quantitative estimate of drug-likeness (QED) is 0.441. The van der Waals surface area contributed by atoms with Crippen molar-refractivity contribution in [1.29, 1.82) is 0 Å². The molecule has 0 rings (SSSR count). The lowest BCUT2D eigenvalue weighted by Crippen LogP contribution is -2.27. The molecule has 2 N–H and O–H groups in total. The van der Waals surface area contributed by atoms with E-state index in [1.807, 2.05) is 0 Å². The summed E-state index contributed by atoms with van der Waals surface area (Å²) in [7, 11) is 0. The van der Waals surface area contributed by atoms with Crippen LogP contribution in [0, 0.1) is 5.92 Å². The molecule has 0 spiro atoms. The Morgan fingerprint density at radius 3 is 2.19 bits per heavy atom. The molecule has 0 aliphatic rings. The average molecular weight is 305 g/mol. The second kappa shape index (κ2) is 15.7. The number of aliphatic hydroxyl groups is 1. The third-order valence-electron chi connectivity index (χ3n) is 3.11. The van der Waals surface area contributed by atoms with Crippen LogP contribution in [0.15, 0.2) is 0 Å². The zero-order valence-corrected chi connectivity index (χ0v) is 13.4. The van der Waals surface area contributed by atoms with E-state index in [1.54, 1.807) is 0 Å². The lowest BCUT2D eigenvalue weighted by molar-refractivity contribution is -0.121. The van der Waals surface area contributed by atoms with Gasteiger partial charge >= 0.3 is 0 Å². The normalized spacial score (nSPS) is 12.3. The van der Waals surface area contributed by atoms with Crippen LogP contribution in [0.1, 0.15) is 33.1 Å². The molecule has 6 nitrogen and oxygen atoms in total. The molecular formula is C15H31NO5. The van der Waals surface area contributed by atoms with Gasteiger partial charge in [-0.15, -0.1) is 0 Å². The number of rotatable bonds is 15. The first-order valence-electron chi connectivity index (χ1n) is 7.81. The Balaban J connectivity index is 3.16. The number of carbonyl (C=O) groups excluding carboxylic acids is 1. The Labute approximate surface area is 128 Å². The molecule has 0 heterocycles. The van der Waals surface area contributed by atoms with Crippen LogP contribution in [-0.2, 0) is 19.0 Å². The van der Waals surface area contributed by atoms with E-state index >= 15 is 0 Å². The van der Waals surface area contributed by atoms with Crippen molar-refractivity contribution in [1.82, 2.24) is 5.32 Å². The van der Waals surface area contributed by atoms with Crippen LogP contribution >= 0.6 is 0 Å². The highest BCUT2D eigenvalue weighted by Crippen LogP contribution is 2.08. The summed E-state index contributed by atoms with van der Waals surface area (Å²) >= 11 is 0. The summed E-state index contributed by atoms with van der Waals surface area (Å²) in [5, 5.41) is 11.3. The molecule has 1 amide bonds. The van der Waals surface area contributed by atoms with Gasteiger partial charge in [0.15, 0.2) is 0 Å². The number of carbonyl (C=O) groups is 1. The molecule has 21 heavy (non-hydrogen) atoms. The van der Waals surface area contributed by atoms with Crippen LogP contribution < -0.4 is 5.32 Å². The number of aliphatic hydroxyl groups excluding tert-OH is 1. The first kappa shape index (κ1) is 20.3. The summed E-state index contributed by atoms with van der Waals surface area (Å²) in [5.74, 6) is 0.696. The van der Waals surface area contributed by atoms with Gasteiger partial charge in [0.25, 0.3) is 0 Å². The highest BCUT2D eigenvalue weighted by molar-refractivity contribution is 5.75. The minimum absolute atomic E-state index is 0.0339. The Morgan fingerprint density at radius 1 is 1.05 bits per heavy atom. The standard InChI is InChI=1S/C15H31NO5/c1-3-14(2)4-5-15(18)16-6-8-19-10-12-21-13-11-20-9-7-17/h14,17H,3-13H2,1-2H3,(H,16,18). The van der Waals surface area contributed by atoms with E-state index in [-0.39, 0.29) is 12.5 Å². The summed E-state index contributed by atoms with van der Waals surface area (Å²) in [6, 6.07) is 0. The van der Waals surface area contributed by atoms with Crippen LogP contribution in [0.25, 0.3) is 0 Å². The number of ether oxygens (including phenoxy) is 3. The molecule has 0 radical (unpaired) electrons. The van der Waals surface area contributed by atoms with Gasteiger partial charge in [0.1, 0.15) is 0 Å². The van der Waals surface area contributed by atoms with Crippen LogP contribution in [0.4, 0.5) is 0 Å². The summed E-state index contributed by atoms with van der Waals surface area (Å²) in [4.78, 5) is 11.5. The van der Waals surface area contributed by atoms with Crippen LogP contribution in [-0.4, -0.2) is 63.8 Å². The molecule has 0 bridgehead atoms. The van der Waals surface area contributed by atoms with E-state index < -0.39 is 0 Å². The Bertz CT molecular complexity index is 238. The SMILES string of the molecule is CCC(C)CCC(=O)NCCOCCOCCOCCO. The molecule has 1 atom stereocenters. The first-order valence-corrected chi connectivity index (χ1v) is 7.81. The van der Waals surface area contributed by atoms with Gasteiger partial charge in [-0.2, -0.15) is 0 Å². The molecule has 0 aromatic carbocycles. The van der Waals surface area contributed by atoms with Crippen molar-refractivity contribution >= 4 is 5.91 Å². The van der Waals surface area contributed by atoms with Crippen molar-refractivity contribution < 1.29 is 24.1 Å². The predicted octanol–water partition coefficient (Wildman–Crippen LogP) is 0.971. The maximum atomic E-state index is 11.5. The van der Waals surface area contributed by atoms with E-state index in [9.17, 15) is 4.79 Å². The largest absolute Gasteiger partial charge is 0.394 e. The maximum Gasteiger partial charge on any atom is 0.220 e. The third kappa shape index (κ3) is 15.5. The number of hydrogen-bond acceptors (Lipinski definition) is 5. The fourth-order valence-electron chi connectivity index (χ4n) is 1.54. The highest BCUT2D eigenvalue weighted by Gasteiger charge is 2.04. The number of hydrogen-bond donors (Lipinski definition) is 2. The summed E-state index contributed by atoms with van der Waals surface area (Å²) in [6.07, 6.45) is 2.64. The lowest BCUT2D eigenvalue weighted by Gasteiger charge is -2.09. The van der Waals surface area contributed by atoms with Crippen LogP contribution in [0.3, 0.4) is 0 Å². The van der Waals surface area contributed by atoms with Crippen molar-refractivity contribution in [2.75, 3.05) is 52.8 Å². The third-order valence-corrected chi connectivity index (χ3v) is 3.11. The lowest BCUT2D eigenvalue weighted by atomic mass is 10.0. The average Bonchev–Trinajstić information content (AvgIpc) is 2.50. The molecule has 1 unspecified atom stereocenters. The fourth-order valence-corrected chi connectivity index (χ4v) is 1.54. The van der Waals surface area contributed by atoms with E-state index in [4.69, 9.17) is 19.3 Å². The second-order valence-corrected chi connectivity index (χ2v) is 4.96. The Kier molecular flexibility index (Phi) is 15.2. The summed E-state index contributed by atoms with van der Waals surface area (Å²) in [5.41, 5.74) is 0. The van der Waals surface area contributed by atoms with Crippen molar-refractivity contribution in [3.63, 3.8) is 0 Å². The minimum atomic E-state index is 0.0339. The van der Waals surface area contributed by atoms with Gasteiger partial charge in [-0.25, -0.2) is 0 Å². The van der Waals surface area contributed by atoms with Gasteiger partial charge in [0.05, 0.1) is 46.2 Å². The molecule has 0 aromatic heterocycles. The molecule has 126 valence electrons. The minimum Gasteiger partial charge on any atom is -0.394 e. The van der Waals surface area contributed by atoms with Gasteiger partial charge in [-0.05, 0) is 12.3 Å². The van der Waals surface area contributed by atoms with E-state index in [2.05, 4.69) is 19.2 Å². The van der Waals surface area contributed by atoms with E-state index in [0.717, 1.165) is 12.8 Å². The van der Waals surface area contributed by atoms with Crippen molar-refractivity contribution in [3.8, 4) is 0 Å². The second-order valence-electron chi connectivity index (χ2n) is 4.96. The zero-order valence-electron chi connectivity index (χ0n) is 13.4. The maximum absolute atomic E-state index is 11.5. The van der Waals surface area contributed by atoms with Crippen LogP contribution in [0.2, 0.25) is 0 Å². The molecule has 0 aliphatic heterocycles. The van der Waals surface area contributed by atoms with Gasteiger partial charge < -0.3 is 24.6 Å². The van der Waals surface area contributed by atoms with E-state index in [1.165, 1.54) is 0 Å². The molecule has 0 fully saturated rings. The molecule has 0 aliphatic carbocycles. The molecule has 0 saturated heterocycles. The van der Waals surface area contributed by atoms with Gasteiger partial charge in [-0.3, -0.25) is 4.79 Å². The molecule has 6 heteroatoms. The first-order chi connectivity index (χ1) is 10.2. The predicted molar refractivity (Wildman–Crippen MR) is 81.2 cm³/mol. The van der Waals surface area contributed by atoms with Gasteiger partial charge in [0, 0.05) is 13.0 Å². The monoisotopic (exact) mass is 305 g/mol. The molecular weight excluding hydrogens is 274 g/mol.